The third kappa shape index (κ3) is 5.55. The largest absolute Gasteiger partial charge is 0.458 e. The lowest BCUT2D eigenvalue weighted by Crippen LogP contribution is -2.39. The highest BCUT2D eigenvalue weighted by Crippen LogP contribution is 2.38. The van der Waals surface area contributed by atoms with Gasteiger partial charge in [-0.3, -0.25) is 0 Å². The SMILES string of the molecule is CC(C[Si](C)(C)O[SiH](C)C)C1CCC(C)(O)CC1. The molecule has 0 heterocycles. The van der Waals surface area contributed by atoms with E-state index >= 15 is 0 Å². The van der Waals surface area contributed by atoms with Gasteiger partial charge in [-0.2, -0.15) is 0 Å². The fourth-order valence-corrected chi connectivity index (χ4v) is 10.8. The first-order valence-electron chi connectivity index (χ1n) is 7.51. The highest BCUT2D eigenvalue weighted by Gasteiger charge is 2.34. The normalized spacial score (nSPS) is 31.7. The summed E-state index contributed by atoms with van der Waals surface area (Å²) in [5.41, 5.74) is -0.398. The molecule has 0 saturated heterocycles. The van der Waals surface area contributed by atoms with Gasteiger partial charge in [-0.05, 0) is 76.7 Å². The van der Waals surface area contributed by atoms with Crippen LogP contribution in [0.25, 0.3) is 0 Å². The second kappa shape index (κ2) is 6.20. The Bertz CT molecular complexity index is 255. The third-order valence-electron chi connectivity index (χ3n) is 4.28. The van der Waals surface area contributed by atoms with Crippen molar-refractivity contribution in [2.24, 2.45) is 11.8 Å². The van der Waals surface area contributed by atoms with Gasteiger partial charge in [0.2, 0.25) is 0 Å². The molecule has 1 saturated carbocycles. The Hall–Kier alpha value is 0.354. The average Bonchev–Trinajstić information content (AvgIpc) is 2.13. The lowest BCUT2D eigenvalue weighted by molar-refractivity contribution is 0.00142. The standard InChI is InChI=1S/C14H32O2Si2/c1-12(11-18(5,6)16-17(3)4)13-7-9-14(2,15)10-8-13/h12-13,15,17H,7-11H2,1-6H3. The van der Waals surface area contributed by atoms with E-state index in [0.29, 0.717) is 0 Å². The van der Waals surface area contributed by atoms with E-state index in [1.807, 2.05) is 6.92 Å². The van der Waals surface area contributed by atoms with E-state index in [1.54, 1.807) is 0 Å². The van der Waals surface area contributed by atoms with Gasteiger partial charge in [0.05, 0.1) is 5.60 Å². The highest BCUT2D eigenvalue weighted by molar-refractivity contribution is 6.77. The predicted molar refractivity (Wildman–Crippen MR) is 84.0 cm³/mol. The molecule has 2 nitrogen and oxygen atoms in total. The summed E-state index contributed by atoms with van der Waals surface area (Å²) in [6, 6.07) is 1.28. The van der Waals surface area contributed by atoms with E-state index in [2.05, 4.69) is 33.1 Å². The summed E-state index contributed by atoms with van der Waals surface area (Å²) in [6.45, 7) is 13.7. The minimum Gasteiger partial charge on any atom is -0.458 e. The lowest BCUT2D eigenvalue weighted by atomic mass is 9.75. The molecule has 1 fully saturated rings. The summed E-state index contributed by atoms with van der Waals surface area (Å²) in [5.74, 6) is 1.56. The first-order valence-corrected chi connectivity index (χ1v) is 13.4. The molecule has 0 amide bonds. The molecular formula is C14H32O2Si2. The van der Waals surface area contributed by atoms with Crippen molar-refractivity contribution in [3.05, 3.63) is 0 Å². The summed E-state index contributed by atoms with van der Waals surface area (Å²) >= 11 is 0. The van der Waals surface area contributed by atoms with E-state index in [9.17, 15) is 5.11 Å². The Labute approximate surface area is 116 Å². The Morgan fingerprint density at radius 2 is 1.83 bits per heavy atom. The molecule has 1 rings (SSSR count). The van der Waals surface area contributed by atoms with Crippen LogP contribution in [0.2, 0.25) is 32.2 Å². The van der Waals surface area contributed by atoms with Crippen molar-refractivity contribution in [3.8, 4) is 0 Å². The quantitative estimate of drug-likeness (QED) is 0.780. The molecule has 1 aliphatic carbocycles. The zero-order valence-corrected chi connectivity index (χ0v) is 15.3. The van der Waals surface area contributed by atoms with Gasteiger partial charge in [0.25, 0.3) is 0 Å². The Morgan fingerprint density at radius 3 is 2.28 bits per heavy atom. The van der Waals surface area contributed by atoms with Gasteiger partial charge in [0.15, 0.2) is 17.4 Å². The molecule has 18 heavy (non-hydrogen) atoms. The maximum atomic E-state index is 10.0. The van der Waals surface area contributed by atoms with Gasteiger partial charge in [0.1, 0.15) is 0 Å². The van der Waals surface area contributed by atoms with Crippen LogP contribution in [0.1, 0.15) is 39.5 Å². The smallest absolute Gasteiger partial charge is 0.173 e. The number of hydrogen-bond donors (Lipinski definition) is 1. The second-order valence-electron chi connectivity index (χ2n) is 7.44. The van der Waals surface area contributed by atoms with Crippen LogP contribution < -0.4 is 0 Å². The zero-order chi connectivity index (χ0) is 14.0. The minimum absolute atomic E-state index is 0.398. The fraction of sp³-hybridized carbons (Fsp3) is 1.00. The monoisotopic (exact) mass is 288 g/mol. The first-order chi connectivity index (χ1) is 8.11. The van der Waals surface area contributed by atoms with Crippen LogP contribution in [0, 0.1) is 11.8 Å². The summed E-state index contributed by atoms with van der Waals surface area (Å²) in [6.07, 6.45) is 4.34. The van der Waals surface area contributed by atoms with Gasteiger partial charge in [-0.25, -0.2) is 0 Å². The van der Waals surface area contributed by atoms with Crippen LogP contribution in [0.5, 0.6) is 0 Å². The van der Waals surface area contributed by atoms with Gasteiger partial charge in [-0.1, -0.05) is 6.92 Å². The molecule has 1 unspecified atom stereocenters. The molecule has 0 bridgehead atoms. The molecule has 108 valence electrons. The average molecular weight is 289 g/mol. The van der Waals surface area contributed by atoms with Gasteiger partial charge < -0.3 is 9.22 Å². The van der Waals surface area contributed by atoms with Gasteiger partial charge in [0, 0.05) is 0 Å². The van der Waals surface area contributed by atoms with Gasteiger partial charge >= 0.3 is 0 Å². The Kier molecular flexibility index (Phi) is 5.65. The molecular weight excluding hydrogens is 256 g/mol. The lowest BCUT2D eigenvalue weighted by Gasteiger charge is -2.38. The molecule has 0 spiro atoms. The van der Waals surface area contributed by atoms with E-state index in [1.165, 1.54) is 18.9 Å². The second-order valence-corrected chi connectivity index (χ2v) is 14.4. The van der Waals surface area contributed by atoms with E-state index < -0.39 is 23.0 Å². The molecule has 0 aromatic carbocycles. The molecule has 1 N–H and O–H groups in total. The summed E-state index contributed by atoms with van der Waals surface area (Å²) in [4.78, 5) is 0. The van der Waals surface area contributed by atoms with Crippen molar-refractivity contribution in [2.45, 2.75) is 77.4 Å². The molecule has 1 atom stereocenters. The minimum atomic E-state index is -1.45. The summed E-state index contributed by atoms with van der Waals surface area (Å²) in [5, 5.41) is 10.0. The highest BCUT2D eigenvalue weighted by atomic mass is 28.4. The predicted octanol–water partition coefficient (Wildman–Crippen LogP) is 3.77. The number of hydrogen-bond acceptors (Lipinski definition) is 2. The van der Waals surface area contributed by atoms with Crippen LogP contribution in [0.3, 0.4) is 0 Å². The van der Waals surface area contributed by atoms with Crippen molar-refractivity contribution in [2.75, 3.05) is 0 Å². The molecule has 0 radical (unpaired) electrons. The van der Waals surface area contributed by atoms with E-state index in [0.717, 1.165) is 24.7 Å². The topological polar surface area (TPSA) is 29.5 Å². The van der Waals surface area contributed by atoms with Crippen LogP contribution in [0.4, 0.5) is 0 Å². The molecule has 0 aliphatic heterocycles. The van der Waals surface area contributed by atoms with Crippen molar-refractivity contribution in [1.29, 1.82) is 0 Å². The summed E-state index contributed by atoms with van der Waals surface area (Å²) < 4.78 is 6.27. The maximum absolute atomic E-state index is 10.0. The Balaban J connectivity index is 2.44. The van der Waals surface area contributed by atoms with Gasteiger partial charge in [-0.15, -0.1) is 0 Å². The van der Waals surface area contributed by atoms with Crippen LogP contribution in [0.15, 0.2) is 0 Å². The van der Waals surface area contributed by atoms with E-state index in [-0.39, 0.29) is 0 Å². The maximum Gasteiger partial charge on any atom is 0.173 e. The molecule has 1 aliphatic rings. The van der Waals surface area contributed by atoms with Crippen molar-refractivity contribution >= 4 is 17.4 Å². The third-order valence-corrected chi connectivity index (χ3v) is 10.3. The van der Waals surface area contributed by atoms with Crippen LogP contribution >= 0.6 is 0 Å². The van der Waals surface area contributed by atoms with Crippen molar-refractivity contribution in [1.82, 2.24) is 0 Å². The molecule has 0 aromatic rings. The fourth-order valence-electron chi connectivity index (χ4n) is 3.46. The van der Waals surface area contributed by atoms with Crippen molar-refractivity contribution in [3.63, 3.8) is 0 Å². The van der Waals surface area contributed by atoms with E-state index in [4.69, 9.17) is 4.12 Å². The molecule has 4 heteroatoms. The number of aliphatic hydroxyl groups is 1. The van der Waals surface area contributed by atoms with Crippen LogP contribution in [-0.4, -0.2) is 28.1 Å². The zero-order valence-electron chi connectivity index (χ0n) is 13.1. The number of rotatable bonds is 5. The Morgan fingerprint density at radius 1 is 1.33 bits per heavy atom. The molecule has 0 aromatic heterocycles. The van der Waals surface area contributed by atoms with Crippen molar-refractivity contribution < 1.29 is 9.22 Å². The first kappa shape index (κ1) is 16.4. The van der Waals surface area contributed by atoms with Crippen LogP contribution in [-0.2, 0) is 4.12 Å². The summed E-state index contributed by atoms with van der Waals surface area (Å²) in [7, 11) is -2.35.